The summed E-state index contributed by atoms with van der Waals surface area (Å²) >= 11 is 5.80. The Morgan fingerprint density at radius 3 is 2.47 bits per heavy atom. The predicted molar refractivity (Wildman–Crippen MR) is 137 cm³/mol. The van der Waals surface area contributed by atoms with E-state index in [-0.39, 0.29) is 12.1 Å². The Morgan fingerprint density at radius 1 is 1.09 bits per heavy atom. The zero-order valence-electron chi connectivity index (χ0n) is 19.7. The summed E-state index contributed by atoms with van der Waals surface area (Å²) in [6, 6.07) is 17.3. The number of hydrogen-bond donors (Lipinski definition) is 1. The van der Waals surface area contributed by atoms with E-state index in [0.29, 0.717) is 0 Å². The summed E-state index contributed by atoms with van der Waals surface area (Å²) in [5.74, 6) is 0. The zero-order valence-corrected chi connectivity index (χ0v) is 20.5. The number of aryl methyl sites for hydroxylation is 1. The largest absolute Gasteiger partial charge is 0.378 e. The number of pyridine rings is 1. The van der Waals surface area contributed by atoms with Crippen LogP contribution in [0.2, 0.25) is 0 Å². The molecular formula is C26H33N5S. The second-order valence-corrected chi connectivity index (χ2v) is 9.13. The third-order valence-corrected chi connectivity index (χ3v) is 6.72. The SMILES string of the molecule is CCCCN1C(=S)N[C@@H](c2ccccn2)[C@H]1c1cc(C)n(-c2ccc(N(C)C)cc2)c1C. The lowest BCUT2D eigenvalue weighted by atomic mass is 9.96. The van der Waals surface area contributed by atoms with Gasteiger partial charge >= 0.3 is 0 Å². The summed E-state index contributed by atoms with van der Waals surface area (Å²) in [6.45, 7) is 7.57. The van der Waals surface area contributed by atoms with Crippen molar-refractivity contribution in [2.45, 2.75) is 45.7 Å². The van der Waals surface area contributed by atoms with E-state index in [1.807, 2.05) is 12.3 Å². The Kier molecular flexibility index (Phi) is 6.51. The van der Waals surface area contributed by atoms with Gasteiger partial charge in [-0.3, -0.25) is 4.98 Å². The molecule has 4 rings (SSSR count). The molecule has 1 aromatic carbocycles. The number of hydrogen-bond acceptors (Lipinski definition) is 3. The lowest BCUT2D eigenvalue weighted by Crippen LogP contribution is -2.30. The van der Waals surface area contributed by atoms with Crippen molar-refractivity contribution in [1.82, 2.24) is 19.8 Å². The van der Waals surface area contributed by atoms with Gasteiger partial charge in [0.1, 0.15) is 0 Å². The molecule has 1 aliphatic heterocycles. The second-order valence-electron chi connectivity index (χ2n) is 8.75. The molecule has 0 spiro atoms. The van der Waals surface area contributed by atoms with E-state index in [2.05, 4.69) is 102 Å². The molecule has 2 aromatic heterocycles. The van der Waals surface area contributed by atoms with E-state index in [9.17, 15) is 0 Å². The maximum absolute atomic E-state index is 5.80. The molecule has 168 valence electrons. The van der Waals surface area contributed by atoms with Crippen molar-refractivity contribution in [3.05, 3.63) is 77.4 Å². The van der Waals surface area contributed by atoms with Crippen LogP contribution in [0.25, 0.3) is 5.69 Å². The van der Waals surface area contributed by atoms with Crippen molar-refractivity contribution in [2.24, 2.45) is 0 Å². The number of unbranched alkanes of at least 4 members (excludes halogenated alkanes) is 1. The van der Waals surface area contributed by atoms with Crippen molar-refractivity contribution in [2.75, 3.05) is 25.5 Å². The Hall–Kier alpha value is -2.86. The highest BCUT2D eigenvalue weighted by Gasteiger charge is 2.41. The lowest BCUT2D eigenvalue weighted by Gasteiger charge is -2.28. The minimum absolute atomic E-state index is 0.0330. The third-order valence-electron chi connectivity index (χ3n) is 6.36. The summed E-state index contributed by atoms with van der Waals surface area (Å²) in [7, 11) is 4.13. The van der Waals surface area contributed by atoms with E-state index in [4.69, 9.17) is 12.2 Å². The highest BCUT2D eigenvalue weighted by molar-refractivity contribution is 7.80. The minimum Gasteiger partial charge on any atom is -0.378 e. The summed E-state index contributed by atoms with van der Waals surface area (Å²) in [5, 5.41) is 4.39. The van der Waals surface area contributed by atoms with Crippen molar-refractivity contribution in [3.63, 3.8) is 0 Å². The topological polar surface area (TPSA) is 36.3 Å². The number of aromatic nitrogens is 2. The molecule has 0 radical (unpaired) electrons. The number of rotatable bonds is 7. The summed E-state index contributed by atoms with van der Waals surface area (Å²) in [4.78, 5) is 9.15. The van der Waals surface area contributed by atoms with Gasteiger partial charge in [-0.1, -0.05) is 19.4 Å². The van der Waals surface area contributed by atoms with Crippen LogP contribution in [0.4, 0.5) is 5.69 Å². The zero-order chi connectivity index (χ0) is 22.8. The van der Waals surface area contributed by atoms with Gasteiger partial charge in [-0.2, -0.15) is 0 Å². The molecule has 0 bridgehead atoms. The predicted octanol–water partition coefficient (Wildman–Crippen LogP) is 5.33. The molecule has 3 heterocycles. The van der Waals surface area contributed by atoms with E-state index < -0.39 is 0 Å². The molecule has 6 heteroatoms. The van der Waals surface area contributed by atoms with Gasteiger partial charge < -0.3 is 19.7 Å². The Balaban J connectivity index is 1.78. The third kappa shape index (κ3) is 4.11. The van der Waals surface area contributed by atoms with Crippen LogP contribution in [0.15, 0.2) is 54.7 Å². The van der Waals surface area contributed by atoms with Crippen LogP contribution in [0.5, 0.6) is 0 Å². The molecule has 5 nitrogen and oxygen atoms in total. The van der Waals surface area contributed by atoms with E-state index in [1.54, 1.807) is 0 Å². The van der Waals surface area contributed by atoms with Gasteiger partial charge in [-0.25, -0.2) is 0 Å². The average molecular weight is 448 g/mol. The summed E-state index contributed by atoms with van der Waals surface area (Å²) in [6.07, 6.45) is 4.11. The smallest absolute Gasteiger partial charge is 0.170 e. The van der Waals surface area contributed by atoms with Crippen LogP contribution in [0, 0.1) is 13.8 Å². The Labute approximate surface area is 197 Å². The lowest BCUT2D eigenvalue weighted by molar-refractivity contribution is 0.312. The van der Waals surface area contributed by atoms with Gasteiger partial charge in [-0.05, 0) is 80.5 Å². The van der Waals surface area contributed by atoms with Crippen molar-refractivity contribution < 1.29 is 0 Å². The summed E-state index contributed by atoms with van der Waals surface area (Å²) < 4.78 is 2.35. The fraction of sp³-hybridized carbons (Fsp3) is 0.385. The van der Waals surface area contributed by atoms with E-state index in [1.165, 1.54) is 28.3 Å². The first-order valence-electron chi connectivity index (χ1n) is 11.4. The van der Waals surface area contributed by atoms with Crippen molar-refractivity contribution in [1.29, 1.82) is 0 Å². The van der Waals surface area contributed by atoms with Crippen LogP contribution >= 0.6 is 12.2 Å². The number of thiocarbonyl (C=S) groups is 1. The Morgan fingerprint density at radius 2 is 1.84 bits per heavy atom. The molecule has 3 aromatic rings. The molecule has 2 atom stereocenters. The fourth-order valence-electron chi connectivity index (χ4n) is 4.70. The highest BCUT2D eigenvalue weighted by atomic mass is 32.1. The molecule has 0 aliphatic carbocycles. The van der Waals surface area contributed by atoms with Crippen LogP contribution in [0.3, 0.4) is 0 Å². The maximum atomic E-state index is 5.80. The molecule has 0 saturated carbocycles. The number of benzene rings is 1. The normalized spacial score (nSPS) is 18.2. The monoisotopic (exact) mass is 447 g/mol. The standard InChI is InChI=1S/C26H33N5S/c1-6-7-16-30-25(24(28-26(30)32)23-10-8-9-15-27-23)22-17-18(2)31(19(22)3)21-13-11-20(12-14-21)29(4)5/h8-15,17,24-25H,6-7,16H2,1-5H3,(H,28,32)/t24-,25+/m0/s1. The first-order chi connectivity index (χ1) is 15.4. The molecule has 32 heavy (non-hydrogen) atoms. The highest BCUT2D eigenvalue weighted by Crippen LogP contribution is 2.41. The van der Waals surface area contributed by atoms with Crippen molar-refractivity contribution in [3.8, 4) is 5.69 Å². The van der Waals surface area contributed by atoms with Crippen LogP contribution < -0.4 is 10.2 Å². The molecule has 0 amide bonds. The minimum atomic E-state index is 0.0330. The van der Waals surface area contributed by atoms with Gasteiger partial charge in [0, 0.05) is 49.6 Å². The molecule has 1 fully saturated rings. The number of anilines is 1. The Bertz CT molecular complexity index is 1070. The number of nitrogens with one attached hydrogen (secondary N) is 1. The van der Waals surface area contributed by atoms with Crippen molar-refractivity contribution >= 4 is 23.0 Å². The first kappa shape index (κ1) is 22.3. The quantitative estimate of drug-likeness (QED) is 0.496. The molecular weight excluding hydrogens is 414 g/mol. The van der Waals surface area contributed by atoms with Gasteiger partial charge in [-0.15, -0.1) is 0 Å². The van der Waals surface area contributed by atoms with Crippen LogP contribution in [-0.2, 0) is 0 Å². The number of nitrogens with zero attached hydrogens (tertiary/aromatic N) is 4. The van der Waals surface area contributed by atoms with Crippen LogP contribution in [-0.4, -0.2) is 40.2 Å². The molecule has 1 saturated heterocycles. The molecule has 1 aliphatic rings. The van der Waals surface area contributed by atoms with Gasteiger partial charge in [0.2, 0.25) is 0 Å². The first-order valence-corrected chi connectivity index (χ1v) is 11.8. The average Bonchev–Trinajstić information content (AvgIpc) is 3.27. The summed E-state index contributed by atoms with van der Waals surface area (Å²) in [5.41, 5.74) is 7.18. The van der Waals surface area contributed by atoms with Gasteiger partial charge in [0.15, 0.2) is 5.11 Å². The van der Waals surface area contributed by atoms with Gasteiger partial charge in [0.05, 0.1) is 17.8 Å². The van der Waals surface area contributed by atoms with Crippen LogP contribution in [0.1, 0.15) is 54.5 Å². The fourth-order valence-corrected chi connectivity index (χ4v) is 5.03. The molecule has 1 N–H and O–H groups in total. The molecule has 0 unspecified atom stereocenters. The second kappa shape index (κ2) is 9.33. The maximum Gasteiger partial charge on any atom is 0.170 e. The van der Waals surface area contributed by atoms with Gasteiger partial charge in [0.25, 0.3) is 0 Å². The van der Waals surface area contributed by atoms with E-state index >= 15 is 0 Å². The van der Waals surface area contributed by atoms with E-state index in [0.717, 1.165) is 30.2 Å².